The van der Waals surface area contributed by atoms with E-state index < -0.39 is 23.1 Å². The summed E-state index contributed by atoms with van der Waals surface area (Å²) in [6, 6.07) is 15.3. The van der Waals surface area contributed by atoms with Gasteiger partial charge in [0.15, 0.2) is 5.82 Å². The Labute approximate surface area is 238 Å². The van der Waals surface area contributed by atoms with Gasteiger partial charge in [-0.3, -0.25) is 14.2 Å². The number of primary amides is 1. The van der Waals surface area contributed by atoms with Crippen LogP contribution < -0.4 is 17.0 Å². The number of nitrogens with two attached hydrogens (primary N) is 2. The van der Waals surface area contributed by atoms with Crippen LogP contribution in [-0.2, 0) is 0 Å². The molecular weight excluding hydrogens is 540 g/mol. The highest BCUT2D eigenvalue weighted by atomic mass is 19.1. The summed E-state index contributed by atoms with van der Waals surface area (Å²) in [6.45, 7) is 0. The van der Waals surface area contributed by atoms with Gasteiger partial charge in [-0.15, -0.1) is 0 Å². The molecule has 11 heteroatoms. The summed E-state index contributed by atoms with van der Waals surface area (Å²) in [5, 5.41) is 13.7. The van der Waals surface area contributed by atoms with E-state index in [0.717, 1.165) is 31.4 Å². The highest BCUT2D eigenvalue weighted by Crippen LogP contribution is 2.41. The lowest BCUT2D eigenvalue weighted by molar-refractivity contribution is 0.0999. The number of fused-ring (bicyclic) bond motifs is 1. The molecule has 4 N–H and O–H groups in total. The Balaban J connectivity index is 1.43. The number of pyridine rings is 1. The quantitative estimate of drug-likeness (QED) is 0.308. The van der Waals surface area contributed by atoms with E-state index in [1.807, 2.05) is 6.07 Å². The Morgan fingerprint density at radius 1 is 0.976 bits per heavy atom. The topological polar surface area (TPSA) is 145 Å². The first-order valence-corrected chi connectivity index (χ1v) is 13.4. The summed E-state index contributed by atoms with van der Waals surface area (Å²) in [5.74, 6) is -1.72. The number of anilines is 1. The third-order valence-electron chi connectivity index (χ3n) is 7.95. The van der Waals surface area contributed by atoms with Crippen LogP contribution in [0.15, 0.2) is 71.9 Å². The molecule has 3 heterocycles. The zero-order valence-electron chi connectivity index (χ0n) is 22.3. The highest BCUT2D eigenvalue weighted by molar-refractivity contribution is 6.00. The molecule has 0 bridgehead atoms. The number of hydrogen-bond acceptors (Lipinski definition) is 6. The van der Waals surface area contributed by atoms with Crippen molar-refractivity contribution in [2.24, 2.45) is 11.7 Å². The lowest BCUT2D eigenvalue weighted by atomic mass is 9.81. The van der Waals surface area contributed by atoms with Gasteiger partial charge in [0.05, 0.1) is 6.07 Å². The molecule has 1 aliphatic carbocycles. The van der Waals surface area contributed by atoms with Gasteiger partial charge in [0, 0.05) is 46.1 Å². The van der Waals surface area contributed by atoms with Gasteiger partial charge in [-0.05, 0) is 73.7 Å². The molecule has 1 fully saturated rings. The van der Waals surface area contributed by atoms with Crippen LogP contribution >= 0.6 is 0 Å². The molecule has 1 aliphatic rings. The van der Waals surface area contributed by atoms with Crippen molar-refractivity contribution in [3.8, 4) is 34.0 Å². The maximum Gasteiger partial charge on any atom is 0.268 e. The molecule has 6 rings (SSSR count). The van der Waals surface area contributed by atoms with Gasteiger partial charge in [-0.2, -0.15) is 10.4 Å². The van der Waals surface area contributed by atoms with E-state index in [0.29, 0.717) is 16.8 Å². The first-order valence-electron chi connectivity index (χ1n) is 13.4. The smallest absolute Gasteiger partial charge is 0.268 e. The Kier molecular flexibility index (Phi) is 6.74. The van der Waals surface area contributed by atoms with Gasteiger partial charge in [-0.25, -0.2) is 18.3 Å². The van der Waals surface area contributed by atoms with Gasteiger partial charge >= 0.3 is 0 Å². The molecule has 9 nitrogen and oxygen atoms in total. The first-order chi connectivity index (χ1) is 20.3. The van der Waals surface area contributed by atoms with Crippen molar-refractivity contribution >= 4 is 17.2 Å². The van der Waals surface area contributed by atoms with Crippen molar-refractivity contribution in [1.29, 1.82) is 5.26 Å². The summed E-state index contributed by atoms with van der Waals surface area (Å²) in [6.07, 6.45) is 5.93. The molecular formula is C31H25F2N7O2. The monoisotopic (exact) mass is 565 g/mol. The zero-order chi connectivity index (χ0) is 29.5. The number of amides is 1. The Morgan fingerprint density at radius 3 is 2.38 bits per heavy atom. The van der Waals surface area contributed by atoms with E-state index in [9.17, 15) is 19.2 Å². The molecule has 2 aromatic carbocycles. The molecule has 210 valence electrons. The molecule has 0 saturated heterocycles. The van der Waals surface area contributed by atoms with E-state index in [2.05, 4.69) is 16.2 Å². The van der Waals surface area contributed by atoms with Gasteiger partial charge in [0.1, 0.15) is 29.0 Å². The van der Waals surface area contributed by atoms with E-state index in [1.54, 1.807) is 16.6 Å². The zero-order valence-corrected chi connectivity index (χ0v) is 22.3. The lowest BCUT2D eigenvalue weighted by Crippen LogP contribution is -2.29. The minimum Gasteiger partial charge on any atom is -0.382 e. The first kappa shape index (κ1) is 26.8. The van der Waals surface area contributed by atoms with Crippen LogP contribution in [0, 0.1) is 28.9 Å². The van der Waals surface area contributed by atoms with Crippen molar-refractivity contribution < 1.29 is 13.6 Å². The SMILES string of the molecule is N#C[C@H]1CC[C@@H](c2cc(-c3ccc(-c4ccn(-c5ccc(F)cc5)c(=O)c4C(N)=O)cc3F)c3c(N)ncnn32)CC1. The maximum absolute atomic E-state index is 15.9. The lowest BCUT2D eigenvalue weighted by Gasteiger charge is -2.24. The van der Waals surface area contributed by atoms with E-state index in [-0.39, 0.29) is 39.9 Å². The fourth-order valence-corrected chi connectivity index (χ4v) is 5.83. The van der Waals surface area contributed by atoms with Crippen LogP contribution in [0.3, 0.4) is 0 Å². The number of halogens is 2. The molecule has 3 aromatic heterocycles. The number of nitrogen functional groups attached to an aromatic ring is 1. The second-order valence-corrected chi connectivity index (χ2v) is 10.4. The molecule has 0 spiro atoms. The molecule has 42 heavy (non-hydrogen) atoms. The fraction of sp³-hybridized carbons (Fsp3) is 0.194. The second kappa shape index (κ2) is 10.6. The number of nitrogens with zero attached hydrogens (tertiary/aromatic N) is 5. The largest absolute Gasteiger partial charge is 0.382 e. The van der Waals surface area contributed by atoms with Crippen LogP contribution in [0.25, 0.3) is 33.5 Å². The predicted octanol–water partition coefficient (Wildman–Crippen LogP) is 4.97. The standard InChI is InChI=1S/C31H25F2N7O2/c32-20-6-8-21(9-7-20)39-12-11-22(27(30(36)41)31(39)42)19-5-10-23(25(33)13-19)24-14-26(18-3-1-17(15-34)2-4-18)40-28(24)29(35)37-16-38-40/h5-14,16-18H,1-4H2,(H2,36,41)(H2,35,37,38)/t17-,18+. The van der Waals surface area contributed by atoms with Gasteiger partial charge in [0.2, 0.25) is 0 Å². The van der Waals surface area contributed by atoms with E-state index in [4.69, 9.17) is 11.5 Å². The minimum atomic E-state index is -0.977. The average molecular weight is 566 g/mol. The van der Waals surface area contributed by atoms with Gasteiger partial charge < -0.3 is 11.5 Å². The van der Waals surface area contributed by atoms with Gasteiger partial charge in [0.25, 0.3) is 11.5 Å². The number of hydrogen-bond donors (Lipinski definition) is 2. The summed E-state index contributed by atoms with van der Waals surface area (Å²) < 4.78 is 32.2. The van der Waals surface area contributed by atoms with E-state index in [1.165, 1.54) is 53.5 Å². The van der Waals surface area contributed by atoms with Crippen molar-refractivity contribution in [1.82, 2.24) is 19.2 Å². The summed E-state index contributed by atoms with van der Waals surface area (Å²) in [7, 11) is 0. The van der Waals surface area contributed by atoms with Crippen molar-refractivity contribution in [3.63, 3.8) is 0 Å². The summed E-state index contributed by atoms with van der Waals surface area (Å²) >= 11 is 0. The maximum atomic E-state index is 15.9. The van der Waals surface area contributed by atoms with Crippen LogP contribution in [0.2, 0.25) is 0 Å². The Bertz CT molecular complexity index is 1950. The molecule has 1 saturated carbocycles. The number of carbonyl (C=O) groups is 1. The summed E-state index contributed by atoms with van der Waals surface area (Å²) in [5.41, 5.74) is 13.7. The average Bonchev–Trinajstić information content (AvgIpc) is 3.38. The Morgan fingerprint density at radius 2 is 1.71 bits per heavy atom. The number of benzene rings is 2. The van der Waals surface area contributed by atoms with E-state index >= 15 is 4.39 Å². The molecule has 1 amide bonds. The van der Waals surface area contributed by atoms with Crippen LogP contribution in [-0.4, -0.2) is 25.1 Å². The van der Waals surface area contributed by atoms with Crippen molar-refractivity contribution in [2.75, 3.05) is 5.73 Å². The van der Waals surface area contributed by atoms with Crippen molar-refractivity contribution in [2.45, 2.75) is 31.6 Å². The predicted molar refractivity (Wildman–Crippen MR) is 153 cm³/mol. The van der Waals surface area contributed by atoms with Gasteiger partial charge in [-0.1, -0.05) is 12.1 Å². The fourth-order valence-electron chi connectivity index (χ4n) is 5.83. The highest BCUT2D eigenvalue weighted by Gasteiger charge is 2.28. The number of aromatic nitrogens is 4. The normalized spacial score (nSPS) is 16.8. The molecule has 5 aromatic rings. The molecule has 0 aliphatic heterocycles. The molecule has 0 unspecified atom stereocenters. The third kappa shape index (κ3) is 4.56. The number of nitriles is 1. The number of carbonyl (C=O) groups excluding carboxylic acids is 1. The third-order valence-corrected chi connectivity index (χ3v) is 7.95. The van der Waals surface area contributed by atoms with Crippen LogP contribution in [0.4, 0.5) is 14.6 Å². The van der Waals surface area contributed by atoms with Crippen LogP contribution in [0.5, 0.6) is 0 Å². The molecule has 0 radical (unpaired) electrons. The minimum absolute atomic E-state index is 0.0275. The van der Waals surface area contributed by atoms with Crippen LogP contribution in [0.1, 0.15) is 47.7 Å². The number of rotatable bonds is 5. The second-order valence-electron chi connectivity index (χ2n) is 10.4. The molecule has 0 atom stereocenters. The Hall–Kier alpha value is -5.37. The van der Waals surface area contributed by atoms with Crippen molar-refractivity contribution in [3.05, 3.63) is 100 Å². The summed E-state index contributed by atoms with van der Waals surface area (Å²) in [4.78, 5) is 29.8.